The normalized spacial score (nSPS) is 23.8. The minimum atomic E-state index is -1.47. The summed E-state index contributed by atoms with van der Waals surface area (Å²) >= 11 is 0. The fraction of sp³-hybridized carbons (Fsp3) is 0.345. The zero-order valence-corrected chi connectivity index (χ0v) is 20.3. The molecule has 0 radical (unpaired) electrons. The van der Waals surface area contributed by atoms with E-state index >= 15 is 0 Å². The standard InChI is InChI=1S/C29H31NO6/c1-3-35-23-9-7-18(8-10-23)11-21-13-22(29-28(34)27(33)26(32)25(16-31)36-29)14-24(17(21)2)20-6-4-5-19(12-20)15-30/h4-10,12-14,25-29,31-34H,3,11,16H2,1-2H3/t25-,26-,27+,28+,29+/m1/s1. The summed E-state index contributed by atoms with van der Waals surface area (Å²) in [5.74, 6) is 0.794. The van der Waals surface area contributed by atoms with Crippen LogP contribution in [0.25, 0.3) is 11.1 Å². The quantitative estimate of drug-likeness (QED) is 0.402. The number of nitriles is 1. The predicted octanol–water partition coefficient (Wildman–Crippen LogP) is 3.04. The monoisotopic (exact) mass is 489 g/mol. The molecule has 4 N–H and O–H groups in total. The van der Waals surface area contributed by atoms with Gasteiger partial charge in [-0.25, -0.2) is 0 Å². The number of hydrogen-bond acceptors (Lipinski definition) is 7. The Hall–Kier alpha value is -3.25. The van der Waals surface area contributed by atoms with E-state index in [1.807, 2.05) is 62.4 Å². The Labute approximate surface area is 210 Å². The van der Waals surface area contributed by atoms with Gasteiger partial charge in [-0.3, -0.25) is 0 Å². The molecule has 36 heavy (non-hydrogen) atoms. The third-order valence-electron chi connectivity index (χ3n) is 6.69. The van der Waals surface area contributed by atoms with E-state index in [2.05, 4.69) is 6.07 Å². The van der Waals surface area contributed by atoms with Crippen LogP contribution < -0.4 is 4.74 Å². The molecule has 7 nitrogen and oxygen atoms in total. The van der Waals surface area contributed by atoms with Crippen molar-refractivity contribution in [2.45, 2.75) is 50.8 Å². The van der Waals surface area contributed by atoms with Gasteiger partial charge >= 0.3 is 0 Å². The van der Waals surface area contributed by atoms with Crippen molar-refractivity contribution in [1.29, 1.82) is 5.26 Å². The van der Waals surface area contributed by atoms with Gasteiger partial charge in [-0.1, -0.05) is 30.3 Å². The number of aliphatic hydroxyl groups excluding tert-OH is 4. The number of nitrogens with zero attached hydrogens (tertiary/aromatic N) is 1. The molecule has 4 rings (SSSR count). The molecule has 0 bridgehead atoms. The molecular weight excluding hydrogens is 458 g/mol. The highest BCUT2D eigenvalue weighted by atomic mass is 16.5. The summed E-state index contributed by atoms with van der Waals surface area (Å²) in [6.07, 6.45) is -5.66. The Balaban J connectivity index is 1.80. The van der Waals surface area contributed by atoms with Crippen LogP contribution in [0.4, 0.5) is 0 Å². The van der Waals surface area contributed by atoms with Crippen molar-refractivity contribution in [3.63, 3.8) is 0 Å². The number of ether oxygens (including phenoxy) is 2. The Kier molecular flexibility index (Phi) is 8.04. The molecule has 1 aliphatic rings. The lowest BCUT2D eigenvalue weighted by molar-refractivity contribution is -0.231. The van der Waals surface area contributed by atoms with E-state index in [4.69, 9.17) is 9.47 Å². The first kappa shape index (κ1) is 25.8. The zero-order valence-electron chi connectivity index (χ0n) is 20.3. The number of aliphatic hydroxyl groups is 4. The molecule has 0 amide bonds. The molecule has 0 aromatic heterocycles. The SMILES string of the molecule is CCOc1ccc(Cc2cc([C@@H]3O[C@H](CO)[C@@H](O)[C@H](O)[C@@H]3O)cc(-c3cccc(C#N)c3)c2C)cc1. The Morgan fingerprint density at radius 3 is 2.39 bits per heavy atom. The maximum absolute atomic E-state index is 10.8. The second-order valence-electron chi connectivity index (χ2n) is 9.05. The Morgan fingerprint density at radius 2 is 1.72 bits per heavy atom. The Bertz CT molecular complexity index is 1230. The molecule has 5 atom stereocenters. The summed E-state index contributed by atoms with van der Waals surface area (Å²) < 4.78 is 11.4. The van der Waals surface area contributed by atoms with Gasteiger partial charge in [0.05, 0.1) is 24.8 Å². The van der Waals surface area contributed by atoms with Crippen molar-refractivity contribution in [2.24, 2.45) is 0 Å². The van der Waals surface area contributed by atoms with Crippen LogP contribution in [0.1, 0.15) is 40.8 Å². The molecule has 7 heteroatoms. The third-order valence-corrected chi connectivity index (χ3v) is 6.69. The zero-order chi connectivity index (χ0) is 25.8. The molecule has 3 aromatic carbocycles. The molecule has 0 spiro atoms. The van der Waals surface area contributed by atoms with E-state index in [0.717, 1.165) is 33.6 Å². The largest absolute Gasteiger partial charge is 0.494 e. The van der Waals surface area contributed by atoms with Gasteiger partial charge in [0, 0.05) is 0 Å². The number of rotatable bonds is 7. The summed E-state index contributed by atoms with van der Waals surface area (Å²) in [6.45, 7) is 4.04. The smallest absolute Gasteiger partial charge is 0.119 e. The fourth-order valence-electron chi connectivity index (χ4n) is 4.67. The molecule has 1 fully saturated rings. The molecule has 3 aromatic rings. The first-order chi connectivity index (χ1) is 17.4. The van der Waals surface area contributed by atoms with Crippen LogP contribution in [0.15, 0.2) is 60.7 Å². The average Bonchev–Trinajstić information content (AvgIpc) is 2.90. The average molecular weight is 490 g/mol. The van der Waals surface area contributed by atoms with E-state index in [0.29, 0.717) is 24.2 Å². The number of hydrogen-bond donors (Lipinski definition) is 4. The minimum Gasteiger partial charge on any atom is -0.494 e. The lowest BCUT2D eigenvalue weighted by Crippen LogP contribution is -2.55. The van der Waals surface area contributed by atoms with Crippen LogP contribution in [0.5, 0.6) is 5.75 Å². The van der Waals surface area contributed by atoms with Crippen LogP contribution in [0.2, 0.25) is 0 Å². The lowest BCUT2D eigenvalue weighted by atomic mass is 9.85. The second-order valence-corrected chi connectivity index (χ2v) is 9.05. The molecule has 1 aliphatic heterocycles. The summed E-state index contributed by atoms with van der Waals surface area (Å²) in [7, 11) is 0. The second kappa shape index (κ2) is 11.2. The summed E-state index contributed by atoms with van der Waals surface area (Å²) in [5.41, 5.74) is 5.88. The van der Waals surface area contributed by atoms with Gasteiger partial charge in [-0.05, 0) is 84.0 Å². The molecule has 188 valence electrons. The van der Waals surface area contributed by atoms with Gasteiger partial charge in [-0.2, -0.15) is 5.26 Å². The van der Waals surface area contributed by atoms with Gasteiger partial charge in [0.25, 0.3) is 0 Å². The molecule has 1 heterocycles. The van der Waals surface area contributed by atoms with Crippen molar-refractivity contribution < 1.29 is 29.9 Å². The summed E-state index contributed by atoms with van der Waals surface area (Å²) in [5, 5.41) is 50.4. The van der Waals surface area contributed by atoms with Crippen molar-refractivity contribution in [3.8, 4) is 22.9 Å². The topological polar surface area (TPSA) is 123 Å². The van der Waals surface area contributed by atoms with Gasteiger partial charge in [0.2, 0.25) is 0 Å². The highest BCUT2D eigenvalue weighted by molar-refractivity contribution is 5.71. The maximum atomic E-state index is 10.8. The van der Waals surface area contributed by atoms with E-state index in [1.165, 1.54) is 0 Å². The van der Waals surface area contributed by atoms with Crippen LogP contribution in [-0.4, -0.2) is 58.1 Å². The first-order valence-electron chi connectivity index (χ1n) is 12.0. The molecule has 0 unspecified atom stereocenters. The van der Waals surface area contributed by atoms with Gasteiger partial charge in [-0.15, -0.1) is 0 Å². The van der Waals surface area contributed by atoms with Gasteiger partial charge in [0.1, 0.15) is 36.3 Å². The molecule has 0 aliphatic carbocycles. The van der Waals surface area contributed by atoms with Crippen LogP contribution in [0.3, 0.4) is 0 Å². The highest BCUT2D eigenvalue weighted by Crippen LogP contribution is 2.37. The third kappa shape index (κ3) is 5.29. The van der Waals surface area contributed by atoms with Crippen LogP contribution in [-0.2, 0) is 11.2 Å². The van der Waals surface area contributed by atoms with Crippen molar-refractivity contribution >= 4 is 0 Å². The number of benzene rings is 3. The van der Waals surface area contributed by atoms with Crippen molar-refractivity contribution in [3.05, 3.63) is 88.5 Å². The van der Waals surface area contributed by atoms with E-state index in [1.54, 1.807) is 12.1 Å². The lowest BCUT2D eigenvalue weighted by Gasteiger charge is -2.40. The highest BCUT2D eigenvalue weighted by Gasteiger charge is 2.44. The summed E-state index contributed by atoms with van der Waals surface area (Å²) in [6, 6.07) is 21.1. The fourth-order valence-corrected chi connectivity index (χ4v) is 4.67. The first-order valence-corrected chi connectivity index (χ1v) is 12.0. The molecule has 1 saturated heterocycles. The molecular formula is C29H31NO6. The van der Waals surface area contributed by atoms with Crippen LogP contribution in [0, 0.1) is 18.3 Å². The molecule has 0 saturated carbocycles. The van der Waals surface area contributed by atoms with Gasteiger partial charge in [0.15, 0.2) is 0 Å². The minimum absolute atomic E-state index is 0.497. The van der Waals surface area contributed by atoms with E-state index in [-0.39, 0.29) is 0 Å². The summed E-state index contributed by atoms with van der Waals surface area (Å²) in [4.78, 5) is 0. The van der Waals surface area contributed by atoms with Gasteiger partial charge < -0.3 is 29.9 Å². The van der Waals surface area contributed by atoms with Crippen LogP contribution >= 0.6 is 0 Å². The van der Waals surface area contributed by atoms with E-state index < -0.39 is 37.1 Å². The van der Waals surface area contributed by atoms with Crippen molar-refractivity contribution in [1.82, 2.24) is 0 Å². The predicted molar refractivity (Wildman–Crippen MR) is 134 cm³/mol. The maximum Gasteiger partial charge on any atom is 0.119 e. The van der Waals surface area contributed by atoms with E-state index in [9.17, 15) is 25.7 Å². The Morgan fingerprint density at radius 1 is 0.972 bits per heavy atom. The van der Waals surface area contributed by atoms with Crippen molar-refractivity contribution in [2.75, 3.05) is 13.2 Å².